The molecule has 3 N–H and O–H groups in total. The van der Waals surface area contributed by atoms with Crippen molar-refractivity contribution in [2.45, 2.75) is 0 Å². The number of para-hydroxylation sites is 1. The van der Waals surface area contributed by atoms with Crippen molar-refractivity contribution in [2.24, 2.45) is 5.73 Å². The summed E-state index contributed by atoms with van der Waals surface area (Å²) in [4.78, 5) is 0. The maximum absolute atomic E-state index is 4.50. The quantitative estimate of drug-likeness (QED) is 0.627. The second-order valence-electron chi connectivity index (χ2n) is 1.62. The fraction of sp³-hybridized carbons (Fsp3) is 0.200. The van der Waals surface area contributed by atoms with Crippen molar-refractivity contribution in [3.63, 3.8) is 0 Å². The number of anilines is 1. The molecule has 0 aliphatic heterocycles. The summed E-state index contributed by atoms with van der Waals surface area (Å²) in [5.41, 5.74) is 5.66. The van der Waals surface area contributed by atoms with Crippen LogP contribution in [0, 0.1) is 0 Å². The van der Waals surface area contributed by atoms with Crippen molar-refractivity contribution in [2.75, 3.05) is 19.4 Å². The van der Waals surface area contributed by atoms with E-state index in [1.807, 2.05) is 37.4 Å². The minimum absolute atomic E-state index is 1.16. The normalized spacial score (nSPS) is 6.58. The standard InChI is InChI=1S/C7H9N.C2H4.CH5N/c1-8-7-5-3-2-4-6-7;2*1-2/h2-6,8H,1H3;1-2H2;2H2,1H3. The van der Waals surface area contributed by atoms with Gasteiger partial charge in [0.1, 0.15) is 0 Å². The Morgan fingerprint density at radius 1 is 1.08 bits per heavy atom. The van der Waals surface area contributed by atoms with Gasteiger partial charge in [0.05, 0.1) is 0 Å². The van der Waals surface area contributed by atoms with E-state index in [1.54, 1.807) is 0 Å². The van der Waals surface area contributed by atoms with Crippen LogP contribution < -0.4 is 11.1 Å². The highest BCUT2D eigenvalue weighted by Gasteiger charge is 1.77. The van der Waals surface area contributed by atoms with Crippen molar-refractivity contribution < 1.29 is 0 Å². The molecule has 0 aliphatic rings. The minimum Gasteiger partial charge on any atom is -0.388 e. The third-order valence-corrected chi connectivity index (χ3v) is 1.06. The van der Waals surface area contributed by atoms with E-state index in [0.717, 1.165) is 5.69 Å². The van der Waals surface area contributed by atoms with Crippen LogP contribution in [-0.4, -0.2) is 14.1 Å². The molecule has 0 atom stereocenters. The van der Waals surface area contributed by atoms with E-state index < -0.39 is 0 Å². The molecule has 0 aliphatic carbocycles. The summed E-state index contributed by atoms with van der Waals surface area (Å²) in [6.07, 6.45) is 0. The van der Waals surface area contributed by atoms with E-state index in [-0.39, 0.29) is 0 Å². The van der Waals surface area contributed by atoms with Gasteiger partial charge in [0.25, 0.3) is 0 Å². The van der Waals surface area contributed by atoms with Gasteiger partial charge in [0, 0.05) is 12.7 Å². The number of benzene rings is 1. The summed E-state index contributed by atoms with van der Waals surface area (Å²) in [5.74, 6) is 0. The first-order valence-corrected chi connectivity index (χ1v) is 3.74. The Balaban J connectivity index is 0. The smallest absolute Gasteiger partial charge is 0.0337 e. The molecular weight excluding hydrogens is 148 g/mol. The molecule has 0 saturated heterocycles. The first kappa shape index (κ1) is 13.3. The number of rotatable bonds is 1. The van der Waals surface area contributed by atoms with E-state index in [2.05, 4.69) is 24.2 Å². The molecule has 0 radical (unpaired) electrons. The third-order valence-electron chi connectivity index (χ3n) is 1.06. The predicted molar refractivity (Wildman–Crippen MR) is 57.4 cm³/mol. The van der Waals surface area contributed by atoms with E-state index in [0.29, 0.717) is 0 Å². The summed E-state index contributed by atoms with van der Waals surface area (Å²) in [5, 5.41) is 3.03. The molecule has 0 unspecified atom stereocenters. The highest BCUT2D eigenvalue weighted by Crippen LogP contribution is 2.01. The average molecular weight is 166 g/mol. The lowest BCUT2D eigenvalue weighted by Crippen LogP contribution is -1.84. The topological polar surface area (TPSA) is 38.0 Å². The van der Waals surface area contributed by atoms with Crippen molar-refractivity contribution in [1.82, 2.24) is 0 Å². The summed E-state index contributed by atoms with van der Waals surface area (Å²) in [7, 11) is 3.41. The summed E-state index contributed by atoms with van der Waals surface area (Å²) >= 11 is 0. The van der Waals surface area contributed by atoms with Crippen LogP contribution in [0.5, 0.6) is 0 Å². The molecule has 0 aromatic heterocycles. The van der Waals surface area contributed by atoms with Gasteiger partial charge in [-0.1, -0.05) is 18.2 Å². The number of nitrogens with two attached hydrogens (primary N) is 1. The van der Waals surface area contributed by atoms with Crippen LogP contribution in [0.3, 0.4) is 0 Å². The van der Waals surface area contributed by atoms with Gasteiger partial charge in [0.15, 0.2) is 0 Å². The van der Waals surface area contributed by atoms with E-state index in [4.69, 9.17) is 0 Å². The van der Waals surface area contributed by atoms with Crippen molar-refractivity contribution >= 4 is 5.69 Å². The number of hydrogen-bond acceptors (Lipinski definition) is 2. The van der Waals surface area contributed by atoms with Gasteiger partial charge in [-0.05, 0) is 19.2 Å². The SMILES string of the molecule is C=C.CN.CNc1ccccc1. The van der Waals surface area contributed by atoms with E-state index in [1.165, 1.54) is 7.05 Å². The summed E-state index contributed by atoms with van der Waals surface area (Å²) in [6.45, 7) is 6.00. The van der Waals surface area contributed by atoms with E-state index >= 15 is 0 Å². The molecule has 0 bridgehead atoms. The molecule has 2 nitrogen and oxygen atoms in total. The maximum atomic E-state index is 4.50. The zero-order chi connectivity index (χ0) is 9.82. The van der Waals surface area contributed by atoms with Crippen molar-refractivity contribution in [1.29, 1.82) is 0 Å². The Morgan fingerprint density at radius 2 is 1.50 bits per heavy atom. The molecule has 68 valence electrons. The fourth-order valence-electron chi connectivity index (χ4n) is 0.605. The van der Waals surface area contributed by atoms with Crippen molar-refractivity contribution in [3.05, 3.63) is 43.5 Å². The van der Waals surface area contributed by atoms with Crippen molar-refractivity contribution in [3.8, 4) is 0 Å². The zero-order valence-electron chi connectivity index (χ0n) is 7.88. The molecule has 0 spiro atoms. The average Bonchev–Trinajstić information content (AvgIpc) is 2.25. The van der Waals surface area contributed by atoms with Gasteiger partial charge in [0.2, 0.25) is 0 Å². The van der Waals surface area contributed by atoms with Crippen LogP contribution in [0.1, 0.15) is 0 Å². The second kappa shape index (κ2) is 12.4. The molecule has 0 heterocycles. The lowest BCUT2D eigenvalue weighted by molar-refractivity contribution is 1.48. The van der Waals surface area contributed by atoms with Gasteiger partial charge < -0.3 is 11.1 Å². The molecule has 1 rings (SSSR count). The highest BCUT2D eigenvalue weighted by atomic mass is 14.8. The Hall–Kier alpha value is -1.28. The molecule has 12 heavy (non-hydrogen) atoms. The molecular formula is C10H18N2. The number of nitrogens with one attached hydrogen (secondary N) is 1. The lowest BCUT2D eigenvalue weighted by atomic mass is 10.3. The van der Waals surface area contributed by atoms with Crippen LogP contribution in [0.25, 0.3) is 0 Å². The maximum Gasteiger partial charge on any atom is 0.0337 e. The summed E-state index contributed by atoms with van der Waals surface area (Å²) in [6, 6.07) is 10.1. The molecule has 0 saturated carbocycles. The fourth-order valence-corrected chi connectivity index (χ4v) is 0.605. The molecule has 2 heteroatoms. The lowest BCUT2D eigenvalue weighted by Gasteiger charge is -1.94. The molecule has 1 aromatic rings. The van der Waals surface area contributed by atoms with Gasteiger partial charge >= 0.3 is 0 Å². The first-order valence-electron chi connectivity index (χ1n) is 3.74. The van der Waals surface area contributed by atoms with Gasteiger partial charge in [-0.15, -0.1) is 13.2 Å². The Morgan fingerprint density at radius 3 is 1.75 bits per heavy atom. The minimum atomic E-state index is 1.16. The Labute approximate surface area is 75.1 Å². The van der Waals surface area contributed by atoms with Crippen LogP contribution >= 0.6 is 0 Å². The molecule has 1 aromatic carbocycles. The molecule has 0 amide bonds. The third kappa shape index (κ3) is 6.83. The Bertz CT molecular complexity index is 161. The largest absolute Gasteiger partial charge is 0.388 e. The van der Waals surface area contributed by atoms with Gasteiger partial charge in [-0.2, -0.15) is 0 Å². The van der Waals surface area contributed by atoms with E-state index in [9.17, 15) is 0 Å². The first-order chi connectivity index (χ1) is 5.93. The van der Waals surface area contributed by atoms with Crippen LogP contribution in [-0.2, 0) is 0 Å². The van der Waals surface area contributed by atoms with Crippen LogP contribution in [0.2, 0.25) is 0 Å². The van der Waals surface area contributed by atoms with Crippen LogP contribution in [0.15, 0.2) is 43.5 Å². The van der Waals surface area contributed by atoms with Gasteiger partial charge in [-0.3, -0.25) is 0 Å². The highest BCUT2D eigenvalue weighted by molar-refractivity contribution is 5.41. The zero-order valence-corrected chi connectivity index (χ0v) is 7.88. The Kier molecular flexibility index (Phi) is 13.8. The monoisotopic (exact) mass is 166 g/mol. The summed E-state index contributed by atoms with van der Waals surface area (Å²) < 4.78 is 0. The number of hydrogen-bond donors (Lipinski definition) is 2. The predicted octanol–water partition coefficient (Wildman–Crippen LogP) is 2.11. The second-order valence-corrected chi connectivity index (χ2v) is 1.62. The van der Waals surface area contributed by atoms with Gasteiger partial charge in [-0.25, -0.2) is 0 Å². The van der Waals surface area contributed by atoms with Crippen LogP contribution in [0.4, 0.5) is 5.69 Å². The molecule has 0 fully saturated rings.